The molecule has 0 saturated carbocycles. The molecule has 0 aliphatic rings. The minimum Gasteiger partial charge on any atom is -0.456 e. The van der Waals surface area contributed by atoms with E-state index in [1.807, 2.05) is 32.0 Å². The van der Waals surface area contributed by atoms with Crippen LogP contribution >= 0.6 is 0 Å². The molecule has 1 heterocycles. The van der Waals surface area contributed by atoms with Gasteiger partial charge in [-0.15, -0.1) is 0 Å². The fraction of sp³-hybridized carbons (Fsp3) is 0.333. The maximum absolute atomic E-state index is 12.3. The van der Waals surface area contributed by atoms with Crippen molar-refractivity contribution in [2.24, 2.45) is 0 Å². The molecule has 0 amide bonds. The van der Waals surface area contributed by atoms with Crippen LogP contribution in [0.4, 0.5) is 0 Å². The van der Waals surface area contributed by atoms with E-state index < -0.39 is 5.97 Å². The van der Waals surface area contributed by atoms with Gasteiger partial charge in [-0.1, -0.05) is 23.8 Å². The number of ketones is 1. The van der Waals surface area contributed by atoms with Crippen LogP contribution in [0.3, 0.4) is 0 Å². The van der Waals surface area contributed by atoms with Gasteiger partial charge in [0, 0.05) is 11.3 Å². The van der Waals surface area contributed by atoms with Gasteiger partial charge < -0.3 is 9.72 Å². The Balaban J connectivity index is 2.18. The topological polar surface area (TPSA) is 59.2 Å². The summed E-state index contributed by atoms with van der Waals surface area (Å²) in [6.07, 6.45) is 0. The second-order valence-corrected chi connectivity index (χ2v) is 5.69. The normalized spacial score (nSPS) is 10.6. The van der Waals surface area contributed by atoms with Crippen LogP contribution in [0, 0.1) is 27.7 Å². The molecule has 1 N–H and O–H groups in total. The maximum Gasteiger partial charge on any atom is 0.355 e. The Bertz CT molecular complexity index is 741. The van der Waals surface area contributed by atoms with E-state index in [-0.39, 0.29) is 12.4 Å². The summed E-state index contributed by atoms with van der Waals surface area (Å²) in [5.74, 6) is -0.492. The summed E-state index contributed by atoms with van der Waals surface area (Å²) in [4.78, 5) is 26.8. The van der Waals surface area contributed by atoms with Crippen molar-refractivity contribution in [2.45, 2.75) is 41.2 Å². The van der Waals surface area contributed by atoms with E-state index in [1.165, 1.54) is 6.92 Å². The molecule has 22 heavy (non-hydrogen) atoms. The van der Waals surface area contributed by atoms with Crippen molar-refractivity contribution < 1.29 is 14.3 Å². The lowest BCUT2D eigenvalue weighted by molar-refractivity contribution is 0.0465. The highest BCUT2D eigenvalue weighted by Gasteiger charge is 2.20. The van der Waals surface area contributed by atoms with Gasteiger partial charge in [0.25, 0.3) is 0 Å². The van der Waals surface area contributed by atoms with Crippen molar-refractivity contribution >= 4 is 11.8 Å². The monoisotopic (exact) mass is 299 g/mol. The number of aryl methyl sites for hydroxylation is 3. The molecule has 4 heteroatoms. The summed E-state index contributed by atoms with van der Waals surface area (Å²) in [6.45, 7) is 9.25. The van der Waals surface area contributed by atoms with Crippen LogP contribution in [-0.2, 0) is 11.3 Å². The number of ether oxygens (including phenoxy) is 1. The summed E-state index contributed by atoms with van der Waals surface area (Å²) in [7, 11) is 0. The second kappa shape index (κ2) is 6.18. The largest absolute Gasteiger partial charge is 0.456 e. The van der Waals surface area contributed by atoms with E-state index in [0.29, 0.717) is 22.5 Å². The first-order valence-electron chi connectivity index (χ1n) is 7.24. The van der Waals surface area contributed by atoms with Crippen LogP contribution in [-0.4, -0.2) is 16.7 Å². The lowest BCUT2D eigenvalue weighted by atomic mass is 10.1. The third kappa shape index (κ3) is 3.11. The molecule has 0 aliphatic heterocycles. The van der Waals surface area contributed by atoms with Crippen molar-refractivity contribution in [3.63, 3.8) is 0 Å². The van der Waals surface area contributed by atoms with E-state index in [1.54, 1.807) is 13.8 Å². The number of rotatable bonds is 4. The Kier molecular flexibility index (Phi) is 4.50. The smallest absolute Gasteiger partial charge is 0.355 e. The molecule has 0 fully saturated rings. The molecule has 1 aromatic carbocycles. The zero-order chi connectivity index (χ0) is 16.4. The first kappa shape index (κ1) is 16.0. The zero-order valence-corrected chi connectivity index (χ0v) is 13.7. The Hall–Kier alpha value is -2.36. The van der Waals surface area contributed by atoms with Crippen molar-refractivity contribution in [3.8, 4) is 0 Å². The summed E-state index contributed by atoms with van der Waals surface area (Å²) >= 11 is 0. The molecule has 0 saturated heterocycles. The van der Waals surface area contributed by atoms with Crippen LogP contribution in [0.2, 0.25) is 0 Å². The first-order valence-corrected chi connectivity index (χ1v) is 7.24. The second-order valence-electron chi connectivity index (χ2n) is 5.69. The Morgan fingerprint density at radius 1 is 1.14 bits per heavy atom. The molecule has 116 valence electrons. The van der Waals surface area contributed by atoms with Gasteiger partial charge in [0.05, 0.1) is 0 Å². The average molecular weight is 299 g/mol. The lowest BCUT2D eigenvalue weighted by Crippen LogP contribution is -2.08. The molecule has 2 rings (SSSR count). The van der Waals surface area contributed by atoms with Crippen molar-refractivity contribution in [1.82, 2.24) is 4.98 Å². The van der Waals surface area contributed by atoms with Crippen molar-refractivity contribution in [3.05, 3.63) is 57.4 Å². The predicted octanol–water partition coefficient (Wildman–Crippen LogP) is 3.81. The highest BCUT2D eigenvalue weighted by molar-refractivity contribution is 6.01. The molecule has 0 aliphatic carbocycles. The van der Waals surface area contributed by atoms with Gasteiger partial charge in [-0.3, -0.25) is 4.79 Å². The molecule has 1 aromatic heterocycles. The van der Waals surface area contributed by atoms with Gasteiger partial charge in [-0.25, -0.2) is 4.79 Å². The fourth-order valence-corrected chi connectivity index (χ4v) is 2.65. The van der Waals surface area contributed by atoms with Gasteiger partial charge in [-0.05, 0) is 51.3 Å². The SMILES string of the molecule is CC(=O)c1c(C)[nH]c(C(=O)OCc2cc(C)ccc2C)c1C. The summed E-state index contributed by atoms with van der Waals surface area (Å²) in [5.41, 5.74) is 5.47. The number of H-pyrrole nitrogens is 1. The lowest BCUT2D eigenvalue weighted by Gasteiger charge is -2.08. The zero-order valence-electron chi connectivity index (χ0n) is 13.7. The number of hydrogen-bond acceptors (Lipinski definition) is 3. The average Bonchev–Trinajstić information content (AvgIpc) is 2.74. The van der Waals surface area contributed by atoms with Crippen molar-refractivity contribution in [1.29, 1.82) is 0 Å². The van der Waals surface area contributed by atoms with E-state index in [4.69, 9.17) is 4.74 Å². The Labute approximate surface area is 130 Å². The number of esters is 1. The number of nitrogens with one attached hydrogen (secondary N) is 1. The van der Waals surface area contributed by atoms with Crippen LogP contribution in [0.25, 0.3) is 0 Å². The third-order valence-electron chi connectivity index (χ3n) is 3.86. The van der Waals surface area contributed by atoms with Gasteiger partial charge in [0.2, 0.25) is 0 Å². The summed E-state index contributed by atoms with van der Waals surface area (Å²) in [6, 6.07) is 6.05. The van der Waals surface area contributed by atoms with Gasteiger partial charge in [0.1, 0.15) is 12.3 Å². The van der Waals surface area contributed by atoms with Crippen LogP contribution in [0.15, 0.2) is 18.2 Å². The molecule has 0 unspecified atom stereocenters. The predicted molar refractivity (Wildman–Crippen MR) is 85.3 cm³/mol. The van der Waals surface area contributed by atoms with E-state index in [9.17, 15) is 9.59 Å². The summed E-state index contributed by atoms with van der Waals surface area (Å²) < 4.78 is 5.40. The van der Waals surface area contributed by atoms with Gasteiger partial charge >= 0.3 is 5.97 Å². The molecule has 0 radical (unpaired) electrons. The third-order valence-corrected chi connectivity index (χ3v) is 3.86. The molecular formula is C18H21NO3. The number of carbonyl (C=O) groups excluding carboxylic acids is 2. The Morgan fingerprint density at radius 3 is 2.41 bits per heavy atom. The highest BCUT2D eigenvalue weighted by Crippen LogP contribution is 2.20. The summed E-state index contributed by atoms with van der Waals surface area (Å²) in [5, 5.41) is 0. The highest BCUT2D eigenvalue weighted by atomic mass is 16.5. The molecule has 0 atom stereocenters. The fourth-order valence-electron chi connectivity index (χ4n) is 2.65. The number of Topliss-reactive ketones (excluding diaryl/α,β-unsaturated/α-hetero) is 1. The number of aromatic nitrogens is 1. The molecule has 4 nitrogen and oxygen atoms in total. The van der Waals surface area contributed by atoms with E-state index in [0.717, 1.165) is 16.7 Å². The van der Waals surface area contributed by atoms with E-state index in [2.05, 4.69) is 4.98 Å². The molecular weight excluding hydrogens is 278 g/mol. The van der Waals surface area contributed by atoms with Crippen LogP contribution in [0.1, 0.15) is 55.7 Å². The van der Waals surface area contributed by atoms with Gasteiger partial charge in [0.15, 0.2) is 5.78 Å². The number of hydrogen-bond donors (Lipinski definition) is 1. The maximum atomic E-state index is 12.3. The molecule has 0 spiro atoms. The molecule has 2 aromatic rings. The first-order chi connectivity index (χ1) is 10.3. The van der Waals surface area contributed by atoms with Crippen LogP contribution in [0.5, 0.6) is 0 Å². The van der Waals surface area contributed by atoms with Crippen LogP contribution < -0.4 is 0 Å². The quantitative estimate of drug-likeness (QED) is 0.690. The van der Waals surface area contributed by atoms with Gasteiger partial charge in [-0.2, -0.15) is 0 Å². The van der Waals surface area contributed by atoms with E-state index >= 15 is 0 Å². The number of carbonyl (C=O) groups is 2. The Morgan fingerprint density at radius 2 is 1.82 bits per heavy atom. The minimum absolute atomic E-state index is 0.0557. The molecule has 0 bridgehead atoms. The van der Waals surface area contributed by atoms with Crippen molar-refractivity contribution in [2.75, 3.05) is 0 Å². The minimum atomic E-state index is -0.436. The number of aromatic amines is 1. The number of benzene rings is 1. The standard InChI is InChI=1S/C18H21NO3/c1-10-6-7-11(2)15(8-10)9-22-18(21)17-12(3)16(14(5)20)13(4)19-17/h6-8,19H,9H2,1-5H3.